The highest BCUT2D eigenvalue weighted by molar-refractivity contribution is 8.38. The van der Waals surface area contributed by atoms with Crippen molar-refractivity contribution in [2.45, 2.75) is 0 Å². The number of ether oxygens (including phenoxy) is 1. The minimum Gasteiger partial charge on any atom is -0.482 e. The van der Waals surface area contributed by atoms with E-state index in [1.807, 2.05) is 0 Å². The molecule has 0 heterocycles. The summed E-state index contributed by atoms with van der Waals surface area (Å²) in [6.45, 7) is 0. The van der Waals surface area contributed by atoms with Gasteiger partial charge < -0.3 is 4.74 Å². The topological polar surface area (TPSA) is 88.5 Å². The van der Waals surface area contributed by atoms with Crippen LogP contribution in [0.5, 0.6) is 5.75 Å². The van der Waals surface area contributed by atoms with Gasteiger partial charge in [0.1, 0.15) is 16.1 Å². The molecule has 94 valence electrons. The zero-order valence-corrected chi connectivity index (χ0v) is 11.0. The van der Waals surface area contributed by atoms with Crippen LogP contribution in [0, 0.1) is 21.6 Å². The van der Waals surface area contributed by atoms with E-state index >= 15 is 0 Å². The summed E-state index contributed by atoms with van der Waals surface area (Å²) < 4.78 is 5.92. The molecule has 0 radical (unpaired) electrons. The molecule has 0 N–H and O–H groups in total. The molecule has 0 amide bonds. The molecule has 0 unspecified atom stereocenters. The summed E-state index contributed by atoms with van der Waals surface area (Å²) in [6.07, 6.45) is 3.49. The monoisotopic (exact) mass is 283 g/mol. The number of rotatable bonds is 4. The Morgan fingerprint density at radius 1 is 1.67 bits per heavy atom. The van der Waals surface area contributed by atoms with Crippen molar-refractivity contribution in [3.63, 3.8) is 0 Å². The van der Waals surface area contributed by atoms with E-state index in [9.17, 15) is 10.1 Å². The summed E-state index contributed by atoms with van der Waals surface area (Å²) in [5.74, 6) is 0.650. The maximum atomic E-state index is 10.6. The van der Waals surface area contributed by atoms with Crippen molar-refractivity contribution in [2.24, 2.45) is 4.99 Å². The van der Waals surface area contributed by atoms with Crippen molar-refractivity contribution in [3.8, 4) is 11.9 Å². The second-order valence-electron chi connectivity index (χ2n) is 2.84. The van der Waals surface area contributed by atoms with Crippen molar-refractivity contribution in [1.82, 2.24) is 0 Å². The van der Waals surface area contributed by atoms with Gasteiger partial charge >= 0.3 is 0 Å². The van der Waals surface area contributed by atoms with Crippen LogP contribution in [0.1, 0.15) is 0 Å². The number of hydrogen-bond donors (Lipinski definition) is 0. The van der Waals surface area contributed by atoms with Crippen LogP contribution in [-0.2, 0) is 0 Å². The van der Waals surface area contributed by atoms with E-state index < -0.39 is 4.92 Å². The molecule has 0 saturated heterocycles. The quantitative estimate of drug-likeness (QED) is 0.211. The van der Waals surface area contributed by atoms with Crippen LogP contribution in [0.4, 0.5) is 5.69 Å². The molecule has 0 bridgehead atoms. The summed E-state index contributed by atoms with van der Waals surface area (Å²) in [5.41, 5.74) is -0.0201. The highest BCUT2D eigenvalue weighted by Gasteiger charge is 2.06. The molecule has 0 fully saturated rings. The number of nitriles is 1. The molecule has 6 nitrogen and oxygen atoms in total. The fourth-order valence-corrected chi connectivity index (χ4v) is 2.16. The Kier molecular flexibility index (Phi) is 6.04. The lowest BCUT2D eigenvalue weighted by atomic mass is 10.3. The van der Waals surface area contributed by atoms with E-state index in [2.05, 4.69) is 4.99 Å². The second-order valence-corrected chi connectivity index (χ2v) is 4.81. The molecule has 0 aromatic heterocycles. The second kappa shape index (κ2) is 7.58. The molecule has 1 rings (SSSR count). The van der Waals surface area contributed by atoms with Crippen molar-refractivity contribution >= 4 is 33.6 Å². The average molecular weight is 283 g/mol. The van der Waals surface area contributed by atoms with Crippen LogP contribution in [0.3, 0.4) is 0 Å². The third-order valence-electron chi connectivity index (χ3n) is 1.75. The Labute approximate surface area is 112 Å². The standard InChI is InChI=1S/C10H9N3O3S2/c1-17-10(12-6-11)18-7-16-9-4-2-3-8(5-9)13(14)15/h2-5H,7H2,1H3. The van der Waals surface area contributed by atoms with Gasteiger partial charge in [-0.05, 0) is 12.3 Å². The predicted octanol–water partition coefficient (Wildman–Crippen LogP) is 2.86. The minimum absolute atomic E-state index is 0.0201. The fraction of sp³-hybridized carbons (Fsp3) is 0.200. The Hall–Kier alpha value is -1.72. The van der Waals surface area contributed by atoms with Crippen LogP contribution >= 0.6 is 23.5 Å². The lowest BCUT2D eigenvalue weighted by molar-refractivity contribution is -0.384. The van der Waals surface area contributed by atoms with Crippen molar-refractivity contribution < 1.29 is 9.66 Å². The summed E-state index contributed by atoms with van der Waals surface area (Å²) in [4.78, 5) is 13.7. The summed E-state index contributed by atoms with van der Waals surface area (Å²) in [5, 5.41) is 19.0. The van der Waals surface area contributed by atoms with Gasteiger partial charge in [-0.15, -0.1) is 11.8 Å². The Balaban J connectivity index is 2.54. The first-order valence-electron chi connectivity index (χ1n) is 4.68. The van der Waals surface area contributed by atoms with Gasteiger partial charge in [0, 0.05) is 6.07 Å². The smallest absolute Gasteiger partial charge is 0.273 e. The molecule has 0 aliphatic rings. The number of non-ortho nitro benzene ring substituents is 1. The molecule has 1 aromatic rings. The average Bonchev–Trinajstić information content (AvgIpc) is 2.38. The molecule has 0 atom stereocenters. The molecule has 0 aliphatic heterocycles. The number of nitro groups is 1. The fourth-order valence-electron chi connectivity index (χ4n) is 1.01. The largest absolute Gasteiger partial charge is 0.482 e. The van der Waals surface area contributed by atoms with Crippen molar-refractivity contribution in [3.05, 3.63) is 34.4 Å². The maximum absolute atomic E-state index is 10.6. The van der Waals surface area contributed by atoms with Gasteiger partial charge in [-0.2, -0.15) is 10.3 Å². The third-order valence-corrected chi connectivity index (χ3v) is 3.62. The first-order valence-corrected chi connectivity index (χ1v) is 6.89. The van der Waals surface area contributed by atoms with Crippen LogP contribution in [-0.4, -0.2) is 21.5 Å². The molecule has 1 aromatic carbocycles. The van der Waals surface area contributed by atoms with Crippen LogP contribution < -0.4 is 4.74 Å². The summed E-state index contributed by atoms with van der Waals surface area (Å²) in [7, 11) is 0. The molecule has 0 spiro atoms. The first-order chi connectivity index (χ1) is 8.67. The van der Waals surface area contributed by atoms with E-state index in [1.54, 1.807) is 24.6 Å². The van der Waals surface area contributed by atoms with Gasteiger partial charge in [-0.1, -0.05) is 17.8 Å². The van der Waals surface area contributed by atoms with Gasteiger partial charge in [0.25, 0.3) is 5.69 Å². The number of thioether (sulfide) groups is 2. The van der Waals surface area contributed by atoms with Gasteiger partial charge in [0.05, 0.1) is 11.0 Å². The van der Waals surface area contributed by atoms with Crippen LogP contribution in [0.25, 0.3) is 0 Å². The van der Waals surface area contributed by atoms with Gasteiger partial charge in [-0.25, -0.2) is 0 Å². The lowest BCUT2D eigenvalue weighted by Gasteiger charge is -2.05. The molecule has 8 heteroatoms. The van der Waals surface area contributed by atoms with E-state index in [-0.39, 0.29) is 11.6 Å². The number of nitrogens with zero attached hydrogens (tertiary/aromatic N) is 3. The van der Waals surface area contributed by atoms with E-state index in [1.165, 1.54) is 35.7 Å². The molecule has 0 saturated carbocycles. The SMILES string of the molecule is CSC(=NC#N)SCOc1cccc([N+](=O)[O-])c1. The Morgan fingerprint density at radius 2 is 2.44 bits per heavy atom. The normalized spacial score (nSPS) is 10.8. The highest BCUT2D eigenvalue weighted by Crippen LogP contribution is 2.21. The van der Waals surface area contributed by atoms with Gasteiger partial charge in [-0.3, -0.25) is 10.1 Å². The first kappa shape index (κ1) is 14.3. The van der Waals surface area contributed by atoms with Crippen molar-refractivity contribution in [2.75, 3.05) is 12.2 Å². The van der Waals surface area contributed by atoms with E-state index in [0.29, 0.717) is 10.1 Å². The number of hydrogen-bond acceptors (Lipinski definition) is 7. The van der Waals surface area contributed by atoms with Crippen LogP contribution in [0.15, 0.2) is 29.3 Å². The maximum Gasteiger partial charge on any atom is 0.273 e. The van der Waals surface area contributed by atoms with E-state index in [4.69, 9.17) is 10.00 Å². The van der Waals surface area contributed by atoms with Crippen molar-refractivity contribution in [1.29, 1.82) is 5.26 Å². The zero-order chi connectivity index (χ0) is 13.4. The summed E-state index contributed by atoms with van der Waals surface area (Å²) in [6, 6.07) is 5.93. The van der Waals surface area contributed by atoms with Gasteiger partial charge in [0.2, 0.25) is 6.19 Å². The lowest BCUT2D eigenvalue weighted by Crippen LogP contribution is -1.97. The highest BCUT2D eigenvalue weighted by atomic mass is 32.2. The Bertz CT molecular complexity index is 499. The predicted molar refractivity (Wildman–Crippen MR) is 72.7 cm³/mol. The van der Waals surface area contributed by atoms with E-state index in [0.717, 1.165) is 0 Å². The molecular formula is C10H9N3O3S2. The number of benzene rings is 1. The number of nitro benzene ring substituents is 1. The third kappa shape index (κ3) is 4.65. The molecule has 18 heavy (non-hydrogen) atoms. The van der Waals surface area contributed by atoms with Gasteiger partial charge in [0.15, 0.2) is 0 Å². The molecule has 0 aliphatic carbocycles. The zero-order valence-electron chi connectivity index (χ0n) is 9.40. The number of aliphatic imine (C=N–C) groups is 1. The van der Waals surface area contributed by atoms with Crippen LogP contribution in [0.2, 0.25) is 0 Å². The summed E-state index contributed by atoms with van der Waals surface area (Å²) >= 11 is 2.59. The Morgan fingerprint density at radius 3 is 3.06 bits per heavy atom. The molecular weight excluding hydrogens is 274 g/mol. The minimum atomic E-state index is -0.482.